The highest BCUT2D eigenvalue weighted by Gasteiger charge is 2.02. The number of carboxylic acids is 1. The van der Waals surface area contributed by atoms with Crippen LogP contribution in [0.1, 0.15) is 18.9 Å². The van der Waals surface area contributed by atoms with Crippen LogP contribution in [0.25, 0.3) is 6.08 Å². The second kappa shape index (κ2) is 6.80. The smallest absolute Gasteiger partial charge is 0.331 e. The van der Waals surface area contributed by atoms with Crippen LogP contribution in [0.2, 0.25) is 0 Å². The zero-order valence-electron chi connectivity index (χ0n) is 9.35. The largest absolute Gasteiger partial charge is 0.478 e. The van der Waals surface area contributed by atoms with E-state index in [1.165, 1.54) is 0 Å². The van der Waals surface area contributed by atoms with E-state index in [0.717, 1.165) is 18.8 Å². The maximum absolute atomic E-state index is 10.7. The zero-order chi connectivity index (χ0) is 11.8. The van der Waals surface area contributed by atoms with E-state index in [0.29, 0.717) is 12.0 Å². The summed E-state index contributed by atoms with van der Waals surface area (Å²) >= 11 is 0. The average Bonchev–Trinajstić information content (AvgIpc) is 3.14. The number of rotatable bonds is 3. The van der Waals surface area contributed by atoms with Crippen molar-refractivity contribution in [2.75, 3.05) is 13.2 Å². The van der Waals surface area contributed by atoms with E-state index in [2.05, 4.69) is 4.74 Å². The Morgan fingerprint density at radius 2 is 1.94 bits per heavy atom. The standard InChI is InChI=1S/C11H12O2.C2H4O/c1-2-10(11(12)13)8-9-6-4-3-5-7-9;1-2-3-1/h3-8H,2H2,1H3,(H,12,13);1-2H2. The number of carbonyl (C=O) groups is 1. The predicted octanol–water partition coefficient (Wildman–Crippen LogP) is 2.58. The Balaban J connectivity index is 0.000000365. The third-order valence-corrected chi connectivity index (χ3v) is 2.00. The van der Waals surface area contributed by atoms with Gasteiger partial charge in [-0.05, 0) is 18.1 Å². The van der Waals surface area contributed by atoms with Crippen LogP contribution >= 0.6 is 0 Å². The van der Waals surface area contributed by atoms with E-state index in [-0.39, 0.29) is 0 Å². The van der Waals surface area contributed by atoms with Gasteiger partial charge in [-0.1, -0.05) is 37.3 Å². The molecule has 0 saturated carbocycles. The Kier molecular flexibility index (Phi) is 5.29. The number of benzene rings is 1. The maximum atomic E-state index is 10.7. The monoisotopic (exact) mass is 220 g/mol. The van der Waals surface area contributed by atoms with Gasteiger partial charge in [0.2, 0.25) is 0 Å². The molecule has 0 radical (unpaired) electrons. The van der Waals surface area contributed by atoms with E-state index in [1.807, 2.05) is 37.3 Å². The van der Waals surface area contributed by atoms with Crippen molar-refractivity contribution in [1.82, 2.24) is 0 Å². The first kappa shape index (κ1) is 12.5. The highest BCUT2D eigenvalue weighted by atomic mass is 16.6. The molecule has 1 saturated heterocycles. The van der Waals surface area contributed by atoms with Crippen molar-refractivity contribution in [2.45, 2.75) is 13.3 Å². The van der Waals surface area contributed by atoms with Gasteiger partial charge in [0, 0.05) is 5.57 Å². The first-order valence-corrected chi connectivity index (χ1v) is 5.30. The molecule has 0 atom stereocenters. The topological polar surface area (TPSA) is 49.8 Å². The van der Waals surface area contributed by atoms with E-state index in [9.17, 15) is 4.79 Å². The summed E-state index contributed by atoms with van der Waals surface area (Å²) in [5.74, 6) is -0.841. The lowest BCUT2D eigenvalue weighted by Gasteiger charge is -1.97. The van der Waals surface area contributed by atoms with Crippen LogP contribution < -0.4 is 0 Å². The number of aliphatic carboxylic acids is 1. The molecule has 2 rings (SSSR count). The van der Waals surface area contributed by atoms with Crippen LogP contribution in [0.3, 0.4) is 0 Å². The summed E-state index contributed by atoms with van der Waals surface area (Å²) in [6.07, 6.45) is 2.24. The molecular formula is C13H16O3. The summed E-state index contributed by atoms with van der Waals surface area (Å²) in [5.41, 5.74) is 1.37. The van der Waals surface area contributed by atoms with Gasteiger partial charge in [0.1, 0.15) is 0 Å². The molecule has 1 fully saturated rings. The van der Waals surface area contributed by atoms with Gasteiger partial charge in [-0.3, -0.25) is 0 Å². The van der Waals surface area contributed by atoms with Crippen molar-refractivity contribution in [3.8, 4) is 0 Å². The SMILES string of the molecule is C1CO1.CCC(=Cc1ccccc1)C(=O)O. The second-order valence-corrected chi connectivity index (χ2v) is 3.35. The van der Waals surface area contributed by atoms with Gasteiger partial charge in [0.15, 0.2) is 0 Å². The van der Waals surface area contributed by atoms with E-state index in [1.54, 1.807) is 6.08 Å². The van der Waals surface area contributed by atoms with Crippen molar-refractivity contribution >= 4 is 12.0 Å². The molecule has 0 bridgehead atoms. The molecule has 1 N–H and O–H groups in total. The summed E-state index contributed by atoms with van der Waals surface area (Å²) in [7, 11) is 0. The molecule has 86 valence electrons. The average molecular weight is 220 g/mol. The number of ether oxygens (including phenoxy) is 1. The molecular weight excluding hydrogens is 204 g/mol. The molecule has 3 nitrogen and oxygen atoms in total. The fraction of sp³-hybridized carbons (Fsp3) is 0.308. The minimum atomic E-state index is -0.841. The molecule has 3 heteroatoms. The van der Waals surface area contributed by atoms with Gasteiger partial charge in [0.05, 0.1) is 13.2 Å². The zero-order valence-corrected chi connectivity index (χ0v) is 9.35. The van der Waals surface area contributed by atoms with Gasteiger partial charge in [0.25, 0.3) is 0 Å². The van der Waals surface area contributed by atoms with Gasteiger partial charge in [-0.25, -0.2) is 4.79 Å². The molecule has 0 aromatic heterocycles. The van der Waals surface area contributed by atoms with Crippen molar-refractivity contribution in [1.29, 1.82) is 0 Å². The lowest BCUT2D eigenvalue weighted by Crippen LogP contribution is -1.98. The summed E-state index contributed by atoms with van der Waals surface area (Å²) in [5, 5.41) is 8.77. The van der Waals surface area contributed by atoms with Crippen LogP contribution in [0, 0.1) is 0 Å². The minimum absolute atomic E-state index is 0.436. The molecule has 0 spiro atoms. The Morgan fingerprint density at radius 3 is 2.31 bits per heavy atom. The number of hydrogen-bond donors (Lipinski definition) is 1. The molecule has 1 aromatic carbocycles. The van der Waals surface area contributed by atoms with Crippen molar-refractivity contribution in [2.24, 2.45) is 0 Å². The van der Waals surface area contributed by atoms with Gasteiger partial charge >= 0.3 is 5.97 Å². The fourth-order valence-electron chi connectivity index (χ4n) is 1.07. The fourth-order valence-corrected chi connectivity index (χ4v) is 1.07. The highest BCUT2D eigenvalue weighted by molar-refractivity contribution is 5.91. The highest BCUT2D eigenvalue weighted by Crippen LogP contribution is 2.09. The lowest BCUT2D eigenvalue weighted by atomic mass is 10.1. The Bertz CT molecular complexity index is 350. The van der Waals surface area contributed by atoms with Crippen LogP contribution in [0.4, 0.5) is 0 Å². The molecule has 16 heavy (non-hydrogen) atoms. The van der Waals surface area contributed by atoms with Crippen LogP contribution in [-0.4, -0.2) is 24.3 Å². The number of carboxylic acid groups (broad SMARTS) is 1. The van der Waals surface area contributed by atoms with Crippen molar-refractivity contribution in [3.05, 3.63) is 41.5 Å². The molecule has 0 aliphatic carbocycles. The van der Waals surface area contributed by atoms with Crippen molar-refractivity contribution in [3.63, 3.8) is 0 Å². The maximum Gasteiger partial charge on any atom is 0.331 e. The first-order valence-electron chi connectivity index (χ1n) is 5.30. The molecule has 1 aliphatic rings. The van der Waals surface area contributed by atoms with E-state index >= 15 is 0 Å². The minimum Gasteiger partial charge on any atom is -0.478 e. The summed E-state index contributed by atoms with van der Waals surface area (Å²) in [4.78, 5) is 10.7. The third-order valence-electron chi connectivity index (χ3n) is 2.00. The third kappa shape index (κ3) is 5.32. The lowest BCUT2D eigenvalue weighted by molar-refractivity contribution is -0.132. The molecule has 1 aromatic rings. The Hall–Kier alpha value is -1.61. The van der Waals surface area contributed by atoms with Crippen LogP contribution in [0.15, 0.2) is 35.9 Å². The first-order chi connectivity index (χ1) is 7.74. The van der Waals surface area contributed by atoms with Crippen LogP contribution in [0.5, 0.6) is 0 Å². The van der Waals surface area contributed by atoms with Crippen molar-refractivity contribution < 1.29 is 14.6 Å². The van der Waals surface area contributed by atoms with E-state index < -0.39 is 5.97 Å². The number of hydrogen-bond acceptors (Lipinski definition) is 2. The molecule has 0 unspecified atom stereocenters. The Labute approximate surface area is 95.4 Å². The van der Waals surface area contributed by atoms with Gasteiger partial charge in [-0.15, -0.1) is 0 Å². The number of epoxide rings is 1. The normalized spacial score (nSPS) is 13.7. The molecule has 1 heterocycles. The van der Waals surface area contributed by atoms with E-state index in [4.69, 9.17) is 5.11 Å². The molecule has 1 aliphatic heterocycles. The summed E-state index contributed by atoms with van der Waals surface area (Å²) < 4.78 is 4.50. The summed E-state index contributed by atoms with van der Waals surface area (Å²) in [6, 6.07) is 9.46. The second-order valence-electron chi connectivity index (χ2n) is 3.35. The Morgan fingerprint density at radius 1 is 1.38 bits per heavy atom. The predicted molar refractivity (Wildman–Crippen MR) is 63.2 cm³/mol. The van der Waals surface area contributed by atoms with Gasteiger partial charge in [-0.2, -0.15) is 0 Å². The van der Waals surface area contributed by atoms with Crippen LogP contribution in [-0.2, 0) is 9.53 Å². The quantitative estimate of drug-likeness (QED) is 0.629. The summed E-state index contributed by atoms with van der Waals surface area (Å²) in [6.45, 7) is 3.84. The van der Waals surface area contributed by atoms with Gasteiger partial charge < -0.3 is 9.84 Å². The molecule has 0 amide bonds.